The lowest BCUT2D eigenvalue weighted by Crippen LogP contribution is -2.38. The number of nitrogen functional groups attached to an aromatic ring is 1. The number of nitrogens with one attached hydrogen (secondary N) is 1. The van der Waals surface area contributed by atoms with E-state index < -0.39 is 0 Å². The van der Waals surface area contributed by atoms with E-state index in [0.29, 0.717) is 17.3 Å². The molecule has 3 aromatic rings. The number of hydrogen-bond donors (Lipinski definition) is 2. The van der Waals surface area contributed by atoms with Gasteiger partial charge in [-0.05, 0) is 36.5 Å². The summed E-state index contributed by atoms with van der Waals surface area (Å²) in [5, 5.41) is 4.25. The van der Waals surface area contributed by atoms with Crippen molar-refractivity contribution in [1.29, 1.82) is 0 Å². The van der Waals surface area contributed by atoms with Crippen LogP contribution in [0.15, 0.2) is 18.2 Å². The van der Waals surface area contributed by atoms with Crippen LogP contribution in [0, 0.1) is 0 Å². The second kappa shape index (κ2) is 7.62. The van der Waals surface area contributed by atoms with Crippen molar-refractivity contribution in [1.82, 2.24) is 19.9 Å². The topological polar surface area (TPSA) is 89.2 Å². The van der Waals surface area contributed by atoms with Gasteiger partial charge in [-0.25, -0.2) is 9.97 Å². The van der Waals surface area contributed by atoms with E-state index in [1.807, 2.05) is 0 Å². The number of fused-ring (bicyclic) bond motifs is 2. The number of nitrogens with two attached hydrogens (primary N) is 1. The first-order valence-corrected chi connectivity index (χ1v) is 10.7. The molecular formula is C20H24N6OS. The molecule has 7 nitrogen and oxygen atoms in total. The minimum atomic E-state index is 0.499. The zero-order valence-corrected chi connectivity index (χ0v) is 16.6. The lowest BCUT2D eigenvalue weighted by atomic mass is 10.1. The van der Waals surface area contributed by atoms with Crippen molar-refractivity contribution in [2.75, 3.05) is 50.4 Å². The molecule has 1 aliphatic heterocycles. The molecule has 0 saturated carbocycles. The monoisotopic (exact) mass is 396 g/mol. The second-order valence-corrected chi connectivity index (χ2v) is 8.32. The highest BCUT2D eigenvalue weighted by Crippen LogP contribution is 2.32. The van der Waals surface area contributed by atoms with E-state index in [1.54, 1.807) is 0 Å². The summed E-state index contributed by atoms with van der Waals surface area (Å²) in [5.74, 6) is 1.16. The summed E-state index contributed by atoms with van der Waals surface area (Å²) >= 11 is 1.52. The molecule has 2 aliphatic rings. The van der Waals surface area contributed by atoms with Crippen LogP contribution in [0.2, 0.25) is 0 Å². The highest BCUT2D eigenvalue weighted by molar-refractivity contribution is 7.22. The first kappa shape index (κ1) is 17.8. The van der Waals surface area contributed by atoms with Crippen LogP contribution in [0.3, 0.4) is 0 Å². The van der Waals surface area contributed by atoms with Gasteiger partial charge in [0.05, 0.1) is 13.2 Å². The maximum atomic E-state index is 6.24. The highest BCUT2D eigenvalue weighted by Gasteiger charge is 2.16. The Morgan fingerprint density at radius 1 is 1.11 bits per heavy atom. The summed E-state index contributed by atoms with van der Waals surface area (Å²) in [5.41, 5.74) is 10.8. The molecule has 1 aromatic carbocycles. The average molecular weight is 397 g/mol. The molecule has 1 aliphatic carbocycles. The third kappa shape index (κ3) is 3.55. The standard InChI is InChI=1S/C20H24N6OS/c21-17-16-19(25-20(28-16)22-6-7-26-8-10-27-11-9-26)24-18(23-17)15-5-4-13-2-1-3-14(13)12-15/h4-5,12H,1-3,6-11H2,(H3,21,22,23,24,25). The Morgan fingerprint density at radius 2 is 1.96 bits per heavy atom. The van der Waals surface area contributed by atoms with Crippen LogP contribution in [0.5, 0.6) is 0 Å². The number of anilines is 2. The van der Waals surface area contributed by atoms with Crippen LogP contribution in [-0.2, 0) is 17.6 Å². The minimum absolute atomic E-state index is 0.499. The molecule has 28 heavy (non-hydrogen) atoms. The van der Waals surface area contributed by atoms with E-state index in [0.717, 1.165) is 61.2 Å². The molecule has 0 spiro atoms. The highest BCUT2D eigenvalue weighted by atomic mass is 32.1. The van der Waals surface area contributed by atoms with Gasteiger partial charge in [0.15, 0.2) is 16.6 Å². The molecule has 1 fully saturated rings. The van der Waals surface area contributed by atoms with E-state index in [2.05, 4.69) is 38.4 Å². The maximum Gasteiger partial charge on any atom is 0.185 e. The molecule has 0 amide bonds. The van der Waals surface area contributed by atoms with Gasteiger partial charge in [0.2, 0.25) is 0 Å². The fourth-order valence-electron chi connectivity index (χ4n) is 3.91. The number of ether oxygens (including phenoxy) is 1. The SMILES string of the molecule is Nc1nc(-c2ccc3c(c2)CCC3)nc2nc(NCCN3CCOCC3)sc12. The Bertz CT molecular complexity index is 998. The number of morpholine rings is 1. The van der Waals surface area contributed by atoms with Gasteiger partial charge in [-0.2, -0.15) is 4.98 Å². The van der Waals surface area contributed by atoms with Crippen LogP contribution >= 0.6 is 11.3 Å². The minimum Gasteiger partial charge on any atom is -0.382 e. The Balaban J connectivity index is 1.34. The fourth-order valence-corrected chi connectivity index (χ4v) is 4.74. The Hall–Kier alpha value is -2.29. The van der Waals surface area contributed by atoms with Crippen molar-refractivity contribution in [3.63, 3.8) is 0 Å². The number of nitrogens with zero attached hydrogens (tertiary/aromatic N) is 4. The largest absolute Gasteiger partial charge is 0.382 e. The Kier molecular flexibility index (Phi) is 4.84. The molecule has 2 aromatic heterocycles. The molecule has 0 bridgehead atoms. The Labute approximate surface area is 168 Å². The first-order valence-electron chi connectivity index (χ1n) is 9.86. The summed E-state index contributed by atoms with van der Waals surface area (Å²) in [6, 6.07) is 6.50. The fraction of sp³-hybridized carbons (Fsp3) is 0.450. The van der Waals surface area contributed by atoms with Gasteiger partial charge in [0, 0.05) is 31.7 Å². The number of hydrogen-bond acceptors (Lipinski definition) is 8. The number of aryl methyl sites for hydroxylation is 2. The van der Waals surface area contributed by atoms with Crippen LogP contribution < -0.4 is 11.1 Å². The van der Waals surface area contributed by atoms with E-state index in [9.17, 15) is 0 Å². The molecular weight excluding hydrogens is 372 g/mol. The van der Waals surface area contributed by atoms with Gasteiger partial charge >= 0.3 is 0 Å². The summed E-state index contributed by atoms with van der Waals surface area (Å²) in [7, 11) is 0. The molecule has 3 N–H and O–H groups in total. The van der Waals surface area contributed by atoms with Gasteiger partial charge in [0.1, 0.15) is 10.5 Å². The summed E-state index contributed by atoms with van der Waals surface area (Å²) in [6.07, 6.45) is 3.53. The molecule has 146 valence electrons. The molecule has 0 atom stereocenters. The van der Waals surface area contributed by atoms with Crippen LogP contribution in [0.25, 0.3) is 21.7 Å². The zero-order valence-electron chi connectivity index (χ0n) is 15.8. The van der Waals surface area contributed by atoms with Crippen LogP contribution in [-0.4, -0.2) is 59.2 Å². The van der Waals surface area contributed by atoms with Gasteiger partial charge in [0.25, 0.3) is 0 Å². The molecule has 1 saturated heterocycles. The maximum absolute atomic E-state index is 6.24. The average Bonchev–Trinajstić information content (AvgIpc) is 3.35. The zero-order chi connectivity index (χ0) is 18.9. The lowest BCUT2D eigenvalue weighted by Gasteiger charge is -2.26. The summed E-state index contributed by atoms with van der Waals surface area (Å²) < 4.78 is 6.23. The van der Waals surface area contributed by atoms with Crippen LogP contribution in [0.4, 0.5) is 10.9 Å². The smallest absolute Gasteiger partial charge is 0.185 e. The Morgan fingerprint density at radius 3 is 2.86 bits per heavy atom. The molecule has 3 heterocycles. The van der Waals surface area contributed by atoms with Crippen LogP contribution in [0.1, 0.15) is 17.5 Å². The predicted octanol–water partition coefficient (Wildman–Crippen LogP) is 2.57. The van der Waals surface area contributed by atoms with Gasteiger partial charge in [-0.15, -0.1) is 0 Å². The molecule has 0 radical (unpaired) electrons. The quantitative estimate of drug-likeness (QED) is 0.685. The second-order valence-electron chi connectivity index (χ2n) is 7.32. The number of thiazole rings is 1. The van der Waals surface area contributed by atoms with Crippen molar-refractivity contribution in [2.45, 2.75) is 19.3 Å². The normalized spacial score (nSPS) is 17.1. The van der Waals surface area contributed by atoms with Crippen molar-refractivity contribution < 1.29 is 4.74 Å². The number of rotatable bonds is 5. The van der Waals surface area contributed by atoms with E-state index in [4.69, 9.17) is 15.5 Å². The number of aromatic nitrogens is 3. The lowest BCUT2D eigenvalue weighted by molar-refractivity contribution is 0.0398. The van der Waals surface area contributed by atoms with Gasteiger partial charge in [-0.3, -0.25) is 4.90 Å². The summed E-state index contributed by atoms with van der Waals surface area (Å²) in [6.45, 7) is 5.43. The predicted molar refractivity (Wildman–Crippen MR) is 113 cm³/mol. The third-order valence-corrected chi connectivity index (χ3v) is 6.47. The van der Waals surface area contributed by atoms with E-state index in [1.165, 1.54) is 35.3 Å². The van der Waals surface area contributed by atoms with Gasteiger partial charge in [-0.1, -0.05) is 23.5 Å². The van der Waals surface area contributed by atoms with Crippen molar-refractivity contribution in [3.05, 3.63) is 29.3 Å². The molecule has 8 heteroatoms. The van der Waals surface area contributed by atoms with Crippen molar-refractivity contribution in [3.8, 4) is 11.4 Å². The molecule has 5 rings (SSSR count). The summed E-state index contributed by atoms with van der Waals surface area (Å²) in [4.78, 5) is 16.3. The van der Waals surface area contributed by atoms with Gasteiger partial charge < -0.3 is 15.8 Å². The van der Waals surface area contributed by atoms with Crippen molar-refractivity contribution >= 4 is 32.6 Å². The van der Waals surface area contributed by atoms with Crippen molar-refractivity contribution in [2.24, 2.45) is 0 Å². The first-order chi connectivity index (χ1) is 13.8. The number of benzene rings is 1. The third-order valence-electron chi connectivity index (χ3n) is 5.44. The van der Waals surface area contributed by atoms with E-state index in [-0.39, 0.29) is 0 Å². The molecule has 0 unspecified atom stereocenters. The van der Waals surface area contributed by atoms with E-state index >= 15 is 0 Å².